The molecule has 0 radical (unpaired) electrons. The first kappa shape index (κ1) is 37.2. The van der Waals surface area contributed by atoms with E-state index in [1.165, 1.54) is 0 Å². The van der Waals surface area contributed by atoms with Crippen LogP contribution in [-0.4, -0.2) is 79.7 Å². The van der Waals surface area contributed by atoms with Crippen molar-refractivity contribution >= 4 is 41.2 Å². The molecule has 1 heterocycles. The average molecular weight is 631 g/mol. The summed E-state index contributed by atoms with van der Waals surface area (Å²) in [7, 11) is 1.84. The van der Waals surface area contributed by atoms with Crippen LogP contribution in [0.15, 0.2) is 24.3 Å². The lowest BCUT2D eigenvalue weighted by molar-refractivity contribution is -0.151. The summed E-state index contributed by atoms with van der Waals surface area (Å²) in [4.78, 5) is 77.0. The maximum absolute atomic E-state index is 13.5. The van der Waals surface area contributed by atoms with Crippen LogP contribution >= 0.6 is 0 Å². The number of nitrogens with two attached hydrogens (primary N) is 1. The molecule has 13 heteroatoms. The number of Topliss-reactive ketones (excluding diaryl/α,β-unsaturated/α-hetero) is 1. The van der Waals surface area contributed by atoms with Gasteiger partial charge in [0, 0.05) is 57.0 Å². The lowest BCUT2D eigenvalue weighted by Crippen LogP contribution is -2.46. The maximum Gasteiger partial charge on any atom is 0.312 e. The van der Waals surface area contributed by atoms with Crippen LogP contribution < -0.4 is 27.0 Å². The number of amides is 5. The Bertz CT molecular complexity index is 1150. The zero-order valence-corrected chi connectivity index (χ0v) is 27.0. The molecule has 6 N–H and O–H groups in total. The van der Waals surface area contributed by atoms with Gasteiger partial charge < -0.3 is 36.6 Å². The first-order chi connectivity index (χ1) is 21.4. The maximum atomic E-state index is 13.5. The van der Waals surface area contributed by atoms with Gasteiger partial charge in [-0.3, -0.25) is 24.0 Å². The van der Waals surface area contributed by atoms with Crippen molar-refractivity contribution in [2.75, 3.05) is 38.6 Å². The largest absolute Gasteiger partial charge is 0.466 e. The molecule has 1 aromatic carbocycles. The van der Waals surface area contributed by atoms with Crippen molar-refractivity contribution < 1.29 is 33.5 Å². The van der Waals surface area contributed by atoms with Crippen molar-refractivity contribution in [3.63, 3.8) is 0 Å². The molecule has 0 aliphatic carbocycles. The highest BCUT2D eigenvalue weighted by Gasteiger charge is 2.31. The van der Waals surface area contributed by atoms with Crippen molar-refractivity contribution in [1.82, 2.24) is 20.9 Å². The summed E-state index contributed by atoms with van der Waals surface area (Å²) in [6, 6.07) is 5.86. The first-order valence-electron chi connectivity index (χ1n) is 15.8. The average Bonchev–Trinajstić information content (AvgIpc) is 3.01. The molecule has 0 unspecified atom stereocenters. The van der Waals surface area contributed by atoms with Gasteiger partial charge in [-0.05, 0) is 63.3 Å². The van der Waals surface area contributed by atoms with Gasteiger partial charge in [-0.15, -0.1) is 0 Å². The first-order valence-corrected chi connectivity index (χ1v) is 15.8. The standard InChI is InChI=1S/C32H50N6O7/c1-5-45-31(43)23-14-17-38(18-15-23)28(41)13-12-27(40)37-29(21(2)3)26(39)19-24(7-6-16-35-32(33)44)30(42)36-25-10-8-22(9-11-25)20-34-4/h8-11,21,23-24,29,34H,5-7,12-20H2,1-4H3,(H,36,42)(H,37,40)(H3,33,35,44)/t24-,29+/m1/s1. The highest BCUT2D eigenvalue weighted by atomic mass is 16.5. The monoisotopic (exact) mass is 630 g/mol. The van der Waals surface area contributed by atoms with Crippen LogP contribution in [-0.2, 0) is 35.3 Å². The smallest absolute Gasteiger partial charge is 0.312 e. The topological polar surface area (TPSA) is 189 Å². The molecule has 1 aliphatic heterocycles. The third-order valence-corrected chi connectivity index (χ3v) is 7.81. The van der Waals surface area contributed by atoms with Crippen LogP contribution in [0.4, 0.5) is 10.5 Å². The summed E-state index contributed by atoms with van der Waals surface area (Å²) in [5.41, 5.74) is 6.79. The van der Waals surface area contributed by atoms with E-state index in [1.54, 1.807) is 37.8 Å². The van der Waals surface area contributed by atoms with E-state index in [-0.39, 0.29) is 61.2 Å². The molecule has 250 valence electrons. The Kier molecular flexibility index (Phi) is 16.0. The molecule has 0 saturated carbocycles. The Morgan fingerprint density at radius 3 is 2.27 bits per heavy atom. The van der Waals surface area contributed by atoms with Crippen LogP contribution in [0.5, 0.6) is 0 Å². The number of rotatable bonds is 18. The number of anilines is 1. The number of primary amides is 1. The number of piperidine rings is 1. The van der Waals surface area contributed by atoms with Gasteiger partial charge >= 0.3 is 12.0 Å². The zero-order valence-electron chi connectivity index (χ0n) is 27.0. The highest BCUT2D eigenvalue weighted by Crippen LogP contribution is 2.21. The summed E-state index contributed by atoms with van der Waals surface area (Å²) in [6.45, 7) is 7.48. The van der Waals surface area contributed by atoms with E-state index < -0.39 is 23.9 Å². The van der Waals surface area contributed by atoms with E-state index in [9.17, 15) is 28.8 Å². The summed E-state index contributed by atoms with van der Waals surface area (Å²) in [5.74, 6) is -2.66. The molecule has 1 aromatic rings. The van der Waals surface area contributed by atoms with Gasteiger partial charge in [0.15, 0.2) is 5.78 Å². The number of ether oxygens (including phenoxy) is 1. The van der Waals surface area contributed by atoms with Crippen LogP contribution in [0.1, 0.15) is 71.3 Å². The predicted octanol–water partition coefficient (Wildman–Crippen LogP) is 2.09. The molecule has 0 bridgehead atoms. The Labute approximate surface area is 265 Å². The van der Waals surface area contributed by atoms with E-state index in [0.29, 0.717) is 57.6 Å². The normalized spacial score (nSPS) is 14.7. The quantitative estimate of drug-likeness (QED) is 0.120. The second-order valence-electron chi connectivity index (χ2n) is 11.7. The van der Waals surface area contributed by atoms with E-state index in [4.69, 9.17) is 10.5 Å². The Morgan fingerprint density at radius 2 is 1.69 bits per heavy atom. The molecule has 45 heavy (non-hydrogen) atoms. The number of benzene rings is 1. The number of urea groups is 1. The molecule has 0 spiro atoms. The number of carbonyl (C=O) groups excluding carboxylic acids is 6. The van der Waals surface area contributed by atoms with Gasteiger partial charge in [0.25, 0.3) is 0 Å². The van der Waals surface area contributed by atoms with E-state index in [2.05, 4.69) is 21.3 Å². The number of likely N-dealkylation sites (tertiary alicyclic amines) is 1. The third kappa shape index (κ3) is 13.3. The van der Waals surface area contributed by atoms with Crippen LogP contribution in [0.25, 0.3) is 0 Å². The minimum Gasteiger partial charge on any atom is -0.466 e. The fourth-order valence-electron chi connectivity index (χ4n) is 5.28. The minimum absolute atomic E-state index is 0.0140. The number of hydrogen-bond acceptors (Lipinski definition) is 8. The van der Waals surface area contributed by atoms with Crippen LogP contribution in [0, 0.1) is 17.8 Å². The number of hydrogen-bond donors (Lipinski definition) is 5. The van der Waals surface area contributed by atoms with Crippen molar-refractivity contribution in [3.05, 3.63) is 29.8 Å². The Hall–Kier alpha value is -4.00. The number of carbonyl (C=O) groups is 6. The fourth-order valence-corrected chi connectivity index (χ4v) is 5.28. The van der Waals surface area contributed by atoms with E-state index in [1.807, 2.05) is 19.2 Å². The summed E-state index contributed by atoms with van der Waals surface area (Å²) in [5, 5.41) is 11.2. The van der Waals surface area contributed by atoms with Crippen molar-refractivity contribution in [2.24, 2.45) is 23.5 Å². The lowest BCUT2D eigenvalue weighted by Gasteiger charge is -2.31. The second kappa shape index (κ2) is 19.4. The van der Waals surface area contributed by atoms with Crippen molar-refractivity contribution in [2.45, 2.75) is 78.3 Å². The third-order valence-electron chi connectivity index (χ3n) is 7.81. The van der Waals surface area contributed by atoms with Gasteiger partial charge in [-0.25, -0.2) is 4.79 Å². The van der Waals surface area contributed by atoms with Crippen molar-refractivity contribution in [3.8, 4) is 0 Å². The Morgan fingerprint density at radius 1 is 1.02 bits per heavy atom. The summed E-state index contributed by atoms with van der Waals surface area (Å²) < 4.78 is 5.07. The number of nitrogens with zero attached hydrogens (tertiary/aromatic N) is 1. The van der Waals surface area contributed by atoms with Gasteiger partial charge in [0.2, 0.25) is 17.7 Å². The highest BCUT2D eigenvalue weighted by molar-refractivity contribution is 5.97. The summed E-state index contributed by atoms with van der Waals surface area (Å²) >= 11 is 0. The number of nitrogens with one attached hydrogen (secondary N) is 4. The minimum atomic E-state index is -0.840. The van der Waals surface area contributed by atoms with Gasteiger partial charge in [-0.2, -0.15) is 0 Å². The lowest BCUT2D eigenvalue weighted by atomic mass is 9.89. The number of esters is 1. The molecule has 1 saturated heterocycles. The van der Waals surface area contributed by atoms with Crippen LogP contribution in [0.3, 0.4) is 0 Å². The van der Waals surface area contributed by atoms with Gasteiger partial charge in [-0.1, -0.05) is 26.0 Å². The SMILES string of the molecule is CCOC(=O)C1CCN(C(=O)CCC(=O)N[C@H](C(=O)C[C@@H](CCCNC(N)=O)C(=O)Nc2ccc(CNC)cc2)C(C)C)CC1. The molecular formula is C32H50N6O7. The Balaban J connectivity index is 1.96. The zero-order chi connectivity index (χ0) is 33.4. The van der Waals surface area contributed by atoms with E-state index >= 15 is 0 Å². The predicted molar refractivity (Wildman–Crippen MR) is 170 cm³/mol. The molecule has 13 nitrogen and oxygen atoms in total. The number of ketones is 1. The van der Waals surface area contributed by atoms with Crippen molar-refractivity contribution in [1.29, 1.82) is 0 Å². The van der Waals surface area contributed by atoms with Gasteiger partial charge in [0.1, 0.15) is 0 Å². The van der Waals surface area contributed by atoms with Gasteiger partial charge in [0.05, 0.1) is 18.6 Å². The molecule has 1 aliphatic rings. The molecule has 2 rings (SSSR count). The fraction of sp³-hybridized carbons (Fsp3) is 0.625. The molecule has 5 amide bonds. The second-order valence-corrected chi connectivity index (χ2v) is 11.7. The molecule has 1 fully saturated rings. The molecule has 0 aromatic heterocycles. The summed E-state index contributed by atoms with van der Waals surface area (Å²) in [6.07, 6.45) is 1.57. The van der Waals surface area contributed by atoms with Crippen LogP contribution in [0.2, 0.25) is 0 Å². The molecular weight excluding hydrogens is 580 g/mol. The molecule has 2 atom stereocenters. The van der Waals surface area contributed by atoms with E-state index in [0.717, 1.165) is 5.56 Å².